The number of nitrogens with zero attached hydrogens (tertiary/aromatic N) is 3. The minimum atomic E-state index is -0.250. The van der Waals surface area contributed by atoms with Crippen molar-refractivity contribution in [3.8, 4) is 0 Å². The van der Waals surface area contributed by atoms with E-state index in [4.69, 9.17) is 11.6 Å². The molecule has 0 atom stereocenters. The van der Waals surface area contributed by atoms with Gasteiger partial charge in [-0.05, 0) is 52.4 Å². The summed E-state index contributed by atoms with van der Waals surface area (Å²) in [6.45, 7) is 7.09. The average molecular weight is 494 g/mol. The smallest absolute Gasteiger partial charge is 0.327 e. The zero-order chi connectivity index (χ0) is 21.8. The summed E-state index contributed by atoms with van der Waals surface area (Å²) in [4.78, 5) is 33.1. The molecule has 3 amide bonds. The van der Waals surface area contributed by atoms with Gasteiger partial charge in [0.05, 0.1) is 9.50 Å². The third-order valence-corrected chi connectivity index (χ3v) is 6.16. The van der Waals surface area contributed by atoms with E-state index in [-0.39, 0.29) is 23.9 Å². The standard InChI is InChI=1S/C22H26BrClN4O2/c1-14(2)18-6-4-5-7-20(18)28(17-8-10-27(11-9-17)15(3)29)22(30)26-21-19(23)12-16(24)13-25-21/h4-7,12-14,17H,8-11H2,1-3H3,(H,25,26,30). The van der Waals surface area contributed by atoms with Gasteiger partial charge in [-0.1, -0.05) is 43.6 Å². The second-order valence-electron chi connectivity index (χ2n) is 7.73. The van der Waals surface area contributed by atoms with Crippen LogP contribution in [0.1, 0.15) is 45.1 Å². The van der Waals surface area contributed by atoms with Crippen LogP contribution < -0.4 is 10.2 Å². The molecule has 6 nitrogen and oxygen atoms in total. The third-order valence-electron chi connectivity index (χ3n) is 5.35. The minimum absolute atomic E-state index is 0.0217. The Morgan fingerprint density at radius 2 is 1.93 bits per heavy atom. The van der Waals surface area contributed by atoms with Crippen LogP contribution in [0.15, 0.2) is 41.0 Å². The molecule has 1 aromatic carbocycles. The van der Waals surface area contributed by atoms with Crippen LogP contribution in [0.25, 0.3) is 0 Å². The van der Waals surface area contributed by atoms with E-state index in [1.807, 2.05) is 28.0 Å². The number of aromatic nitrogens is 1. The molecule has 1 fully saturated rings. The highest BCUT2D eigenvalue weighted by Crippen LogP contribution is 2.32. The summed E-state index contributed by atoms with van der Waals surface area (Å²) in [6, 6.07) is 9.40. The fraction of sp³-hybridized carbons (Fsp3) is 0.409. The fourth-order valence-electron chi connectivity index (χ4n) is 3.77. The summed E-state index contributed by atoms with van der Waals surface area (Å²) in [5.41, 5.74) is 1.99. The van der Waals surface area contributed by atoms with Gasteiger partial charge in [-0.15, -0.1) is 0 Å². The number of rotatable bonds is 4. The number of likely N-dealkylation sites (tertiary alicyclic amines) is 1. The zero-order valence-corrected chi connectivity index (χ0v) is 19.7. The molecule has 0 unspecified atom stereocenters. The van der Waals surface area contributed by atoms with Gasteiger partial charge in [0.25, 0.3) is 0 Å². The van der Waals surface area contributed by atoms with Crippen molar-refractivity contribution >= 4 is 51.0 Å². The van der Waals surface area contributed by atoms with Gasteiger partial charge in [-0.2, -0.15) is 0 Å². The lowest BCUT2D eigenvalue weighted by atomic mass is 9.97. The van der Waals surface area contributed by atoms with Crippen molar-refractivity contribution in [2.75, 3.05) is 23.3 Å². The molecule has 1 aromatic heterocycles. The Balaban J connectivity index is 1.93. The molecule has 0 bridgehead atoms. The van der Waals surface area contributed by atoms with Gasteiger partial charge in [0, 0.05) is 37.9 Å². The van der Waals surface area contributed by atoms with Crippen molar-refractivity contribution in [2.45, 2.75) is 45.6 Å². The van der Waals surface area contributed by atoms with E-state index in [1.54, 1.807) is 13.0 Å². The summed E-state index contributed by atoms with van der Waals surface area (Å²) in [5.74, 6) is 0.744. The maximum absolute atomic E-state index is 13.5. The lowest BCUT2D eigenvalue weighted by Crippen LogP contribution is -2.50. The molecule has 0 spiro atoms. The molecule has 2 heterocycles. The van der Waals surface area contributed by atoms with Gasteiger partial charge in [-0.25, -0.2) is 9.78 Å². The summed E-state index contributed by atoms with van der Waals surface area (Å²) >= 11 is 9.39. The number of halogens is 2. The molecular formula is C22H26BrClN4O2. The first-order chi connectivity index (χ1) is 14.3. The maximum Gasteiger partial charge on any atom is 0.327 e. The summed E-state index contributed by atoms with van der Waals surface area (Å²) < 4.78 is 0.617. The van der Waals surface area contributed by atoms with Crippen LogP contribution in [0.3, 0.4) is 0 Å². The van der Waals surface area contributed by atoms with Gasteiger partial charge in [0.2, 0.25) is 5.91 Å². The van der Waals surface area contributed by atoms with E-state index in [1.165, 1.54) is 6.20 Å². The number of piperidine rings is 1. The van der Waals surface area contributed by atoms with Gasteiger partial charge in [0.15, 0.2) is 0 Å². The van der Waals surface area contributed by atoms with Crippen LogP contribution in [0, 0.1) is 0 Å². The van der Waals surface area contributed by atoms with Gasteiger partial charge in [0.1, 0.15) is 5.82 Å². The van der Waals surface area contributed by atoms with Gasteiger partial charge < -0.3 is 4.90 Å². The van der Waals surface area contributed by atoms with Crippen LogP contribution in [-0.2, 0) is 4.79 Å². The molecule has 1 N–H and O–H groups in total. The van der Waals surface area contributed by atoms with Crippen LogP contribution in [0.4, 0.5) is 16.3 Å². The first kappa shape index (κ1) is 22.6. The number of anilines is 2. The molecule has 30 heavy (non-hydrogen) atoms. The topological polar surface area (TPSA) is 65.5 Å². The highest BCUT2D eigenvalue weighted by Gasteiger charge is 2.32. The van der Waals surface area contributed by atoms with Crippen molar-refractivity contribution in [1.82, 2.24) is 9.88 Å². The van der Waals surface area contributed by atoms with Crippen LogP contribution >= 0.6 is 27.5 Å². The van der Waals surface area contributed by atoms with Crippen LogP contribution in [0.5, 0.6) is 0 Å². The molecule has 160 valence electrons. The number of hydrogen-bond donors (Lipinski definition) is 1. The van der Waals surface area contributed by atoms with E-state index in [2.05, 4.69) is 46.1 Å². The Labute approximate surface area is 190 Å². The van der Waals surface area contributed by atoms with Crippen LogP contribution in [-0.4, -0.2) is 41.0 Å². The SMILES string of the molecule is CC(=O)N1CCC(N(C(=O)Nc2ncc(Cl)cc2Br)c2ccccc2C(C)C)CC1. The number of urea groups is 1. The second-order valence-corrected chi connectivity index (χ2v) is 9.03. The molecule has 0 saturated carbocycles. The Hall–Kier alpha value is -2.12. The first-order valence-corrected chi connectivity index (χ1v) is 11.2. The lowest BCUT2D eigenvalue weighted by molar-refractivity contribution is -0.129. The van der Waals surface area contributed by atoms with Crippen molar-refractivity contribution < 1.29 is 9.59 Å². The molecule has 1 aliphatic heterocycles. The van der Waals surface area contributed by atoms with Crippen molar-refractivity contribution in [2.24, 2.45) is 0 Å². The van der Waals surface area contributed by atoms with Gasteiger partial charge in [-0.3, -0.25) is 15.0 Å². The number of carbonyl (C=O) groups excluding carboxylic acids is 2. The molecule has 0 aliphatic carbocycles. The van der Waals surface area contributed by atoms with Crippen molar-refractivity contribution in [3.63, 3.8) is 0 Å². The minimum Gasteiger partial charge on any atom is -0.343 e. The predicted octanol–water partition coefficient (Wildman–Crippen LogP) is 5.67. The van der Waals surface area contributed by atoms with E-state index >= 15 is 0 Å². The summed E-state index contributed by atoms with van der Waals surface area (Å²) in [6.07, 6.45) is 2.93. The van der Waals surface area contributed by atoms with E-state index in [0.717, 1.165) is 11.3 Å². The Bertz CT molecular complexity index is 929. The number of pyridine rings is 1. The molecular weight excluding hydrogens is 468 g/mol. The van der Waals surface area contributed by atoms with Crippen LogP contribution in [0.2, 0.25) is 5.02 Å². The first-order valence-electron chi connectivity index (χ1n) is 10.0. The number of benzene rings is 1. The normalized spacial score (nSPS) is 14.7. The Kier molecular flexibility index (Phi) is 7.36. The largest absolute Gasteiger partial charge is 0.343 e. The number of para-hydroxylation sites is 1. The Morgan fingerprint density at radius 1 is 1.27 bits per heavy atom. The number of amides is 3. The highest BCUT2D eigenvalue weighted by molar-refractivity contribution is 9.10. The number of nitrogens with one attached hydrogen (secondary N) is 1. The number of carbonyl (C=O) groups is 2. The monoisotopic (exact) mass is 492 g/mol. The third kappa shape index (κ3) is 5.13. The highest BCUT2D eigenvalue weighted by atomic mass is 79.9. The predicted molar refractivity (Wildman–Crippen MR) is 124 cm³/mol. The zero-order valence-electron chi connectivity index (χ0n) is 17.4. The van der Waals surface area contributed by atoms with Crippen molar-refractivity contribution in [1.29, 1.82) is 0 Å². The lowest BCUT2D eigenvalue weighted by Gasteiger charge is -2.39. The molecule has 2 aromatic rings. The number of hydrogen-bond acceptors (Lipinski definition) is 3. The van der Waals surface area contributed by atoms with E-state index in [0.29, 0.717) is 41.2 Å². The molecule has 1 saturated heterocycles. The second kappa shape index (κ2) is 9.79. The molecule has 1 aliphatic rings. The summed E-state index contributed by atoms with van der Waals surface area (Å²) in [7, 11) is 0. The van der Waals surface area contributed by atoms with E-state index < -0.39 is 0 Å². The Morgan fingerprint density at radius 3 is 2.53 bits per heavy atom. The average Bonchev–Trinajstić information content (AvgIpc) is 2.71. The molecule has 0 radical (unpaired) electrons. The summed E-state index contributed by atoms with van der Waals surface area (Å²) in [5, 5.41) is 3.41. The quantitative estimate of drug-likeness (QED) is 0.597. The van der Waals surface area contributed by atoms with E-state index in [9.17, 15) is 9.59 Å². The maximum atomic E-state index is 13.5. The molecule has 8 heteroatoms. The fourth-order valence-corrected chi connectivity index (χ4v) is 4.51. The molecule has 3 rings (SSSR count). The van der Waals surface area contributed by atoms with Gasteiger partial charge >= 0.3 is 6.03 Å². The van der Waals surface area contributed by atoms with Crippen molar-refractivity contribution in [3.05, 3.63) is 51.6 Å².